The normalized spacial score (nSPS) is 30.6. The van der Waals surface area contributed by atoms with Gasteiger partial charge in [0.25, 0.3) is 0 Å². The fourth-order valence-electron chi connectivity index (χ4n) is 5.43. The SMILES string of the molecule is COC(=O)[C@@H](NC(=O)OC(C)(C)C)C1CC2CCC(C1)N2C1CCCCC1. The molecule has 0 aromatic heterocycles. The zero-order valence-electron chi connectivity index (χ0n) is 17.3. The summed E-state index contributed by atoms with van der Waals surface area (Å²) in [5.74, 6) is -0.251. The number of amides is 1. The molecule has 2 unspecified atom stereocenters. The number of piperidine rings is 1. The maximum Gasteiger partial charge on any atom is 0.408 e. The van der Waals surface area contributed by atoms with Crippen LogP contribution in [-0.4, -0.2) is 53.8 Å². The van der Waals surface area contributed by atoms with E-state index in [9.17, 15) is 9.59 Å². The molecule has 6 nitrogen and oxygen atoms in total. The fourth-order valence-corrected chi connectivity index (χ4v) is 5.43. The minimum absolute atomic E-state index is 0.113. The van der Waals surface area contributed by atoms with Gasteiger partial charge >= 0.3 is 12.1 Å². The minimum atomic E-state index is -0.624. The van der Waals surface area contributed by atoms with Gasteiger partial charge in [-0.1, -0.05) is 19.3 Å². The van der Waals surface area contributed by atoms with Crippen molar-refractivity contribution in [1.82, 2.24) is 10.2 Å². The molecule has 27 heavy (non-hydrogen) atoms. The second-order valence-electron chi connectivity index (χ2n) is 9.50. The summed E-state index contributed by atoms with van der Waals surface area (Å²) in [7, 11) is 1.39. The number of rotatable bonds is 4. The van der Waals surface area contributed by atoms with E-state index >= 15 is 0 Å². The van der Waals surface area contributed by atoms with Gasteiger partial charge in [-0.2, -0.15) is 0 Å². The molecule has 154 valence electrons. The second kappa shape index (κ2) is 8.38. The molecule has 1 N–H and O–H groups in total. The molecule has 3 atom stereocenters. The van der Waals surface area contributed by atoms with Gasteiger partial charge in [-0.15, -0.1) is 0 Å². The number of nitrogens with one attached hydrogen (secondary N) is 1. The van der Waals surface area contributed by atoms with Crippen molar-refractivity contribution in [2.75, 3.05) is 7.11 Å². The van der Waals surface area contributed by atoms with Gasteiger partial charge in [0.05, 0.1) is 7.11 Å². The number of nitrogens with zero attached hydrogens (tertiary/aromatic N) is 1. The highest BCUT2D eigenvalue weighted by Crippen LogP contribution is 2.43. The van der Waals surface area contributed by atoms with E-state index in [2.05, 4.69) is 10.2 Å². The van der Waals surface area contributed by atoms with Crippen LogP contribution in [0.3, 0.4) is 0 Å². The van der Waals surface area contributed by atoms with E-state index in [1.165, 1.54) is 52.1 Å². The molecule has 2 heterocycles. The number of carbonyl (C=O) groups excluding carboxylic acids is 2. The minimum Gasteiger partial charge on any atom is -0.467 e. The van der Waals surface area contributed by atoms with Gasteiger partial charge in [-0.25, -0.2) is 9.59 Å². The molecule has 3 aliphatic rings. The molecular formula is C21H36N2O4. The largest absolute Gasteiger partial charge is 0.467 e. The molecule has 0 aromatic rings. The highest BCUT2D eigenvalue weighted by molar-refractivity contribution is 5.81. The Morgan fingerprint density at radius 3 is 2.07 bits per heavy atom. The molecule has 2 saturated heterocycles. The Kier molecular flexibility index (Phi) is 6.34. The van der Waals surface area contributed by atoms with Crippen LogP contribution in [0.4, 0.5) is 4.79 Å². The molecular weight excluding hydrogens is 344 g/mol. The average Bonchev–Trinajstić information content (AvgIpc) is 2.88. The highest BCUT2D eigenvalue weighted by atomic mass is 16.6. The molecule has 1 saturated carbocycles. The van der Waals surface area contributed by atoms with E-state index in [0.717, 1.165) is 12.8 Å². The lowest BCUT2D eigenvalue weighted by atomic mass is 9.82. The summed E-state index contributed by atoms with van der Waals surface area (Å²) in [5.41, 5.74) is -0.589. The Labute approximate surface area is 163 Å². The lowest BCUT2D eigenvalue weighted by Crippen LogP contribution is -2.55. The zero-order valence-corrected chi connectivity index (χ0v) is 17.3. The molecule has 0 aromatic carbocycles. The number of fused-ring (bicyclic) bond motifs is 2. The maximum absolute atomic E-state index is 12.4. The number of esters is 1. The lowest BCUT2D eigenvalue weighted by molar-refractivity contribution is -0.145. The molecule has 6 heteroatoms. The number of hydrogen-bond acceptors (Lipinski definition) is 5. The van der Waals surface area contributed by atoms with Gasteiger partial charge in [-0.3, -0.25) is 4.90 Å². The number of carbonyl (C=O) groups is 2. The number of alkyl carbamates (subject to hydrolysis) is 1. The Morgan fingerprint density at radius 1 is 0.963 bits per heavy atom. The first-order valence-corrected chi connectivity index (χ1v) is 10.6. The Balaban J connectivity index is 1.66. The quantitative estimate of drug-likeness (QED) is 0.755. The molecule has 1 aliphatic carbocycles. The first-order valence-electron chi connectivity index (χ1n) is 10.6. The van der Waals surface area contributed by atoms with Crippen LogP contribution in [0.1, 0.15) is 78.6 Å². The summed E-state index contributed by atoms with van der Waals surface area (Å²) in [6.07, 6.45) is 10.4. The van der Waals surface area contributed by atoms with E-state index in [1.807, 2.05) is 20.8 Å². The third kappa shape index (κ3) is 4.95. The molecule has 2 bridgehead atoms. The van der Waals surface area contributed by atoms with Crippen molar-refractivity contribution in [2.24, 2.45) is 5.92 Å². The van der Waals surface area contributed by atoms with Crippen molar-refractivity contribution in [3.8, 4) is 0 Å². The van der Waals surface area contributed by atoms with Crippen LogP contribution < -0.4 is 5.32 Å². The highest BCUT2D eigenvalue weighted by Gasteiger charge is 2.47. The van der Waals surface area contributed by atoms with Crippen molar-refractivity contribution >= 4 is 12.1 Å². The van der Waals surface area contributed by atoms with Crippen LogP contribution >= 0.6 is 0 Å². The average molecular weight is 381 g/mol. The van der Waals surface area contributed by atoms with Crippen molar-refractivity contribution in [3.63, 3.8) is 0 Å². The Hall–Kier alpha value is -1.30. The van der Waals surface area contributed by atoms with Gasteiger partial charge in [0.1, 0.15) is 11.6 Å². The van der Waals surface area contributed by atoms with E-state index < -0.39 is 17.7 Å². The van der Waals surface area contributed by atoms with Crippen LogP contribution in [0.15, 0.2) is 0 Å². The predicted molar refractivity (Wildman–Crippen MR) is 103 cm³/mol. The van der Waals surface area contributed by atoms with E-state index in [0.29, 0.717) is 18.1 Å². The summed E-state index contributed by atoms with van der Waals surface area (Å²) in [4.78, 5) is 27.5. The Morgan fingerprint density at radius 2 is 1.56 bits per heavy atom. The summed E-state index contributed by atoms with van der Waals surface area (Å²) in [6.45, 7) is 5.47. The van der Waals surface area contributed by atoms with Crippen LogP contribution in [0.2, 0.25) is 0 Å². The standard InChI is InChI=1S/C21H36N2O4/c1-21(2,3)27-20(25)22-18(19(24)26-4)14-12-16-10-11-17(13-14)23(16)15-8-6-5-7-9-15/h14-18H,5-13H2,1-4H3,(H,22,25)/t14?,16?,17?,18-/m0/s1. The van der Waals surface area contributed by atoms with Gasteiger partial charge in [-0.05, 0) is 65.2 Å². The molecule has 3 fully saturated rings. The van der Waals surface area contributed by atoms with Gasteiger partial charge in [0.15, 0.2) is 0 Å². The van der Waals surface area contributed by atoms with Crippen LogP contribution in [0.25, 0.3) is 0 Å². The number of ether oxygens (including phenoxy) is 2. The van der Waals surface area contributed by atoms with Crippen LogP contribution in [-0.2, 0) is 14.3 Å². The third-order valence-electron chi connectivity index (χ3n) is 6.42. The second-order valence-corrected chi connectivity index (χ2v) is 9.50. The van der Waals surface area contributed by atoms with E-state index in [-0.39, 0.29) is 11.9 Å². The smallest absolute Gasteiger partial charge is 0.408 e. The maximum atomic E-state index is 12.4. The fraction of sp³-hybridized carbons (Fsp3) is 0.905. The molecule has 0 radical (unpaired) electrons. The summed E-state index contributed by atoms with van der Waals surface area (Å²) in [5, 5.41) is 2.80. The van der Waals surface area contributed by atoms with Gasteiger partial charge in [0.2, 0.25) is 0 Å². The van der Waals surface area contributed by atoms with Crippen molar-refractivity contribution in [1.29, 1.82) is 0 Å². The van der Waals surface area contributed by atoms with Crippen molar-refractivity contribution in [2.45, 2.75) is 108 Å². The molecule has 1 amide bonds. The monoisotopic (exact) mass is 380 g/mol. The number of methoxy groups -OCH3 is 1. The van der Waals surface area contributed by atoms with E-state index in [1.54, 1.807) is 0 Å². The Bertz CT molecular complexity index is 525. The third-order valence-corrected chi connectivity index (χ3v) is 6.42. The lowest BCUT2D eigenvalue weighted by Gasteiger charge is -2.46. The van der Waals surface area contributed by atoms with E-state index in [4.69, 9.17) is 9.47 Å². The molecule has 2 aliphatic heterocycles. The van der Waals surface area contributed by atoms with Crippen LogP contribution in [0.5, 0.6) is 0 Å². The topological polar surface area (TPSA) is 67.9 Å². The number of hydrogen-bond donors (Lipinski definition) is 1. The van der Waals surface area contributed by atoms with Crippen molar-refractivity contribution < 1.29 is 19.1 Å². The first kappa shape index (κ1) is 20.4. The zero-order chi connectivity index (χ0) is 19.6. The summed E-state index contributed by atoms with van der Waals surface area (Å²) < 4.78 is 10.4. The van der Waals surface area contributed by atoms with Crippen molar-refractivity contribution in [3.05, 3.63) is 0 Å². The molecule has 0 spiro atoms. The first-order chi connectivity index (χ1) is 12.8. The van der Waals surface area contributed by atoms with Gasteiger partial charge < -0.3 is 14.8 Å². The van der Waals surface area contributed by atoms with Crippen LogP contribution in [0, 0.1) is 5.92 Å². The predicted octanol–water partition coefficient (Wildman–Crippen LogP) is 3.63. The molecule has 3 rings (SSSR count). The summed E-state index contributed by atoms with van der Waals surface area (Å²) in [6, 6.07) is 1.16. The van der Waals surface area contributed by atoms with Gasteiger partial charge in [0, 0.05) is 18.1 Å². The summed E-state index contributed by atoms with van der Waals surface area (Å²) >= 11 is 0.